The first-order valence-corrected chi connectivity index (χ1v) is 8.99. The molecule has 0 radical (unpaired) electrons. The van der Waals surface area contributed by atoms with Gasteiger partial charge in [-0.05, 0) is 43.5 Å². The molecule has 0 spiro atoms. The van der Waals surface area contributed by atoms with Crippen molar-refractivity contribution >= 4 is 10.0 Å². The number of rotatable bonds is 5. The van der Waals surface area contributed by atoms with Crippen molar-refractivity contribution in [1.82, 2.24) is 4.31 Å². The number of benzene rings is 1. The molecule has 23 heavy (non-hydrogen) atoms. The summed E-state index contributed by atoms with van der Waals surface area (Å²) < 4.78 is 26.8. The van der Waals surface area contributed by atoms with Gasteiger partial charge < -0.3 is 0 Å². The van der Waals surface area contributed by atoms with Crippen LogP contribution in [0.2, 0.25) is 0 Å². The molecule has 0 N–H and O–H groups in total. The Kier molecular flexibility index (Phi) is 6.84. The van der Waals surface area contributed by atoms with Gasteiger partial charge in [-0.25, -0.2) is 8.42 Å². The summed E-state index contributed by atoms with van der Waals surface area (Å²) in [6.07, 6.45) is 3.66. The van der Waals surface area contributed by atoms with E-state index >= 15 is 0 Å². The highest BCUT2D eigenvalue weighted by Gasteiger charge is 2.22. The minimum absolute atomic E-state index is 0.0143. The normalized spacial score (nSPS) is 11.4. The summed E-state index contributed by atoms with van der Waals surface area (Å²) in [6, 6.07) is 6.86. The van der Waals surface area contributed by atoms with Crippen molar-refractivity contribution in [3.63, 3.8) is 0 Å². The van der Waals surface area contributed by atoms with Crippen LogP contribution in [0.1, 0.15) is 33.3 Å². The molecule has 0 saturated carbocycles. The standard InChI is InChI=1S/C19H25NO2S/c1-6-7-15-20(16-9-8-14-19(3,4)5)23(21,22)18-12-10-17(2)11-13-18/h9-14H,15-16H2,1-5H3. The van der Waals surface area contributed by atoms with Crippen LogP contribution in [0.15, 0.2) is 47.0 Å². The second kappa shape index (κ2) is 8.17. The maximum Gasteiger partial charge on any atom is 0.244 e. The van der Waals surface area contributed by atoms with Crippen molar-refractivity contribution in [2.75, 3.05) is 13.1 Å². The Hall–Kier alpha value is -1.79. The summed E-state index contributed by atoms with van der Waals surface area (Å²) in [7, 11) is -3.56. The van der Waals surface area contributed by atoms with Crippen LogP contribution in [0.4, 0.5) is 0 Å². The van der Waals surface area contributed by atoms with Crippen molar-refractivity contribution in [2.45, 2.75) is 39.5 Å². The van der Waals surface area contributed by atoms with E-state index in [1.165, 1.54) is 4.31 Å². The molecule has 1 aromatic rings. The maximum atomic E-state index is 12.7. The van der Waals surface area contributed by atoms with Crippen molar-refractivity contribution in [2.24, 2.45) is 5.41 Å². The van der Waals surface area contributed by atoms with Gasteiger partial charge in [0.25, 0.3) is 0 Å². The molecule has 0 atom stereocenters. The van der Waals surface area contributed by atoms with Gasteiger partial charge in [-0.15, -0.1) is 11.7 Å². The molecule has 0 amide bonds. The molecule has 0 unspecified atom stereocenters. The number of sulfonamides is 1. The Morgan fingerprint density at radius 3 is 2.30 bits per heavy atom. The molecular formula is C19H25NO2S. The van der Waals surface area contributed by atoms with Crippen LogP contribution < -0.4 is 0 Å². The number of aryl methyl sites for hydroxylation is 1. The van der Waals surface area contributed by atoms with Gasteiger partial charge in [-0.2, -0.15) is 4.31 Å². The minimum Gasteiger partial charge on any atom is -0.207 e. The molecule has 0 aliphatic rings. The number of hydrogen-bond acceptors (Lipinski definition) is 2. The molecule has 0 aliphatic carbocycles. The van der Waals surface area contributed by atoms with E-state index in [0.717, 1.165) is 5.56 Å². The lowest BCUT2D eigenvalue weighted by molar-refractivity contribution is 0.478. The first-order chi connectivity index (χ1) is 10.7. The van der Waals surface area contributed by atoms with Crippen LogP contribution >= 0.6 is 0 Å². The zero-order chi connectivity index (χ0) is 17.5. The Morgan fingerprint density at radius 1 is 1.17 bits per heavy atom. The van der Waals surface area contributed by atoms with E-state index in [4.69, 9.17) is 0 Å². The molecule has 1 aromatic carbocycles. The average molecular weight is 331 g/mol. The van der Waals surface area contributed by atoms with Crippen LogP contribution in [0.5, 0.6) is 0 Å². The van der Waals surface area contributed by atoms with Crippen LogP contribution in [0.25, 0.3) is 0 Å². The fourth-order valence-corrected chi connectivity index (χ4v) is 3.02. The molecule has 0 fully saturated rings. The van der Waals surface area contributed by atoms with E-state index in [1.54, 1.807) is 37.3 Å². The third-order valence-electron chi connectivity index (χ3n) is 3.02. The molecule has 0 aromatic heterocycles. The van der Waals surface area contributed by atoms with Crippen LogP contribution in [0.3, 0.4) is 0 Å². The molecule has 0 saturated heterocycles. The van der Waals surface area contributed by atoms with E-state index < -0.39 is 10.0 Å². The maximum absolute atomic E-state index is 12.7. The van der Waals surface area contributed by atoms with E-state index in [0.29, 0.717) is 0 Å². The fraction of sp³-hybridized carbons (Fsp3) is 0.421. The van der Waals surface area contributed by atoms with Gasteiger partial charge in [-0.1, -0.05) is 44.4 Å². The largest absolute Gasteiger partial charge is 0.244 e. The molecule has 3 nitrogen and oxygen atoms in total. The average Bonchev–Trinajstić information content (AvgIpc) is 2.45. The van der Waals surface area contributed by atoms with E-state index in [-0.39, 0.29) is 23.4 Å². The highest BCUT2D eigenvalue weighted by atomic mass is 32.2. The zero-order valence-electron chi connectivity index (χ0n) is 14.6. The van der Waals surface area contributed by atoms with Crippen LogP contribution in [-0.4, -0.2) is 25.8 Å². The summed E-state index contributed by atoms with van der Waals surface area (Å²) in [5, 5.41) is 0. The highest BCUT2D eigenvalue weighted by Crippen LogP contribution is 2.16. The summed E-state index contributed by atoms with van der Waals surface area (Å²) >= 11 is 0. The SMILES string of the molecule is CC#CCN(CC=C=CC(C)(C)C)S(=O)(=O)c1ccc(C)cc1. The third-order valence-corrected chi connectivity index (χ3v) is 4.85. The Bertz CT molecular complexity index is 735. The van der Waals surface area contributed by atoms with Gasteiger partial charge in [0.2, 0.25) is 10.0 Å². The second-order valence-corrected chi connectivity index (χ2v) is 8.36. The van der Waals surface area contributed by atoms with Gasteiger partial charge in [0.15, 0.2) is 0 Å². The van der Waals surface area contributed by atoms with Gasteiger partial charge >= 0.3 is 0 Å². The lowest BCUT2D eigenvalue weighted by Gasteiger charge is -2.18. The topological polar surface area (TPSA) is 37.4 Å². The van der Waals surface area contributed by atoms with Crippen molar-refractivity contribution in [3.8, 4) is 11.8 Å². The quantitative estimate of drug-likeness (QED) is 0.608. The molecule has 1 rings (SSSR count). The monoisotopic (exact) mass is 331 g/mol. The molecule has 0 bridgehead atoms. The van der Waals surface area contributed by atoms with E-state index in [9.17, 15) is 8.42 Å². The Balaban J connectivity index is 3.07. The summed E-state index contributed by atoms with van der Waals surface area (Å²) in [6.45, 7) is 10.2. The van der Waals surface area contributed by atoms with Crippen molar-refractivity contribution < 1.29 is 8.42 Å². The summed E-state index contributed by atoms with van der Waals surface area (Å²) in [5.41, 5.74) is 4.10. The molecule has 4 heteroatoms. The van der Waals surface area contributed by atoms with Gasteiger partial charge in [0, 0.05) is 6.54 Å². The fourth-order valence-electron chi connectivity index (χ4n) is 1.74. The molecular weight excluding hydrogens is 306 g/mol. The smallest absolute Gasteiger partial charge is 0.207 e. The first-order valence-electron chi connectivity index (χ1n) is 7.55. The highest BCUT2D eigenvalue weighted by molar-refractivity contribution is 7.89. The number of nitrogens with zero attached hydrogens (tertiary/aromatic N) is 1. The predicted octanol–water partition coefficient (Wildman–Crippen LogP) is 3.77. The second-order valence-electron chi connectivity index (χ2n) is 6.42. The summed E-state index contributed by atoms with van der Waals surface area (Å²) in [4.78, 5) is 0.286. The van der Waals surface area contributed by atoms with Crippen molar-refractivity contribution in [3.05, 3.63) is 47.7 Å². The Morgan fingerprint density at radius 2 is 1.78 bits per heavy atom. The third kappa shape index (κ3) is 6.46. The molecule has 0 heterocycles. The van der Waals surface area contributed by atoms with E-state index in [2.05, 4.69) is 38.3 Å². The molecule has 124 valence electrons. The number of hydrogen-bond donors (Lipinski definition) is 0. The van der Waals surface area contributed by atoms with Gasteiger partial charge in [-0.3, -0.25) is 0 Å². The van der Waals surface area contributed by atoms with Crippen molar-refractivity contribution in [1.29, 1.82) is 0 Å². The zero-order valence-corrected chi connectivity index (χ0v) is 15.4. The van der Waals surface area contributed by atoms with Crippen LogP contribution in [0, 0.1) is 24.2 Å². The summed E-state index contributed by atoms with van der Waals surface area (Å²) in [5.74, 6) is 5.58. The lowest BCUT2D eigenvalue weighted by Crippen LogP contribution is -2.31. The van der Waals surface area contributed by atoms with Crippen LogP contribution in [-0.2, 0) is 10.0 Å². The predicted molar refractivity (Wildman–Crippen MR) is 95.5 cm³/mol. The first kappa shape index (κ1) is 19.3. The van der Waals surface area contributed by atoms with E-state index in [1.807, 2.05) is 13.0 Å². The Labute approximate surface area is 140 Å². The van der Waals surface area contributed by atoms with Gasteiger partial charge in [0.1, 0.15) is 0 Å². The molecule has 0 aliphatic heterocycles. The lowest BCUT2D eigenvalue weighted by atomic mass is 9.97. The minimum atomic E-state index is -3.56. The van der Waals surface area contributed by atoms with Gasteiger partial charge in [0.05, 0.1) is 11.4 Å².